The van der Waals surface area contributed by atoms with Gasteiger partial charge in [0.2, 0.25) is 15.9 Å². The van der Waals surface area contributed by atoms with Crippen LogP contribution >= 0.6 is 0 Å². The topological polar surface area (TPSA) is 102 Å². The van der Waals surface area contributed by atoms with Crippen LogP contribution in [0.5, 0.6) is 0 Å². The van der Waals surface area contributed by atoms with Crippen LogP contribution in [0.3, 0.4) is 0 Å². The second kappa shape index (κ2) is 9.06. The summed E-state index contributed by atoms with van der Waals surface area (Å²) in [4.78, 5) is 14.4. The number of piperidine rings is 1. The third-order valence-corrected chi connectivity index (χ3v) is 6.81. The molecule has 0 unspecified atom stereocenters. The number of aryl methyl sites for hydroxylation is 2. The molecule has 9 heteroatoms. The van der Waals surface area contributed by atoms with Crippen LogP contribution in [0.15, 0.2) is 39.8 Å². The molecule has 158 valence electrons. The van der Waals surface area contributed by atoms with Crippen LogP contribution in [-0.4, -0.2) is 49.6 Å². The van der Waals surface area contributed by atoms with Gasteiger partial charge in [0.25, 0.3) is 0 Å². The zero-order chi connectivity index (χ0) is 21.0. The van der Waals surface area contributed by atoms with Crippen molar-refractivity contribution in [3.05, 3.63) is 47.3 Å². The maximum absolute atomic E-state index is 12.7. The maximum Gasteiger partial charge on any atom is 0.246 e. The Labute approximate surface area is 171 Å². The third-order valence-electron chi connectivity index (χ3n) is 5.02. The highest BCUT2D eigenvalue weighted by Gasteiger charge is 2.31. The van der Waals surface area contributed by atoms with E-state index in [0.29, 0.717) is 19.7 Å². The number of sulfonamides is 1. The standard InChI is InChI=1S/C20H27N3O5S/c1-14-19(16(3)28-21-14)29(25,26)22-15(2)20(24)23-11-9-18(10-12-23)27-13-17-7-5-4-6-8-17/h4-8,15,18,22H,9-13H2,1-3H3/t15-/m0/s1. The minimum absolute atomic E-state index is 0.00910. The van der Waals surface area contributed by atoms with Gasteiger partial charge in [0.05, 0.1) is 18.8 Å². The lowest BCUT2D eigenvalue weighted by molar-refractivity contribution is -0.135. The van der Waals surface area contributed by atoms with Gasteiger partial charge in [0, 0.05) is 13.1 Å². The summed E-state index contributed by atoms with van der Waals surface area (Å²) in [6.45, 7) is 6.26. The molecule has 1 amide bonds. The Balaban J connectivity index is 1.51. The quantitative estimate of drug-likeness (QED) is 0.735. The summed E-state index contributed by atoms with van der Waals surface area (Å²) >= 11 is 0. The van der Waals surface area contributed by atoms with Crippen LogP contribution in [-0.2, 0) is 26.2 Å². The largest absolute Gasteiger partial charge is 0.373 e. The van der Waals surface area contributed by atoms with Crippen molar-refractivity contribution >= 4 is 15.9 Å². The minimum atomic E-state index is -3.89. The number of likely N-dealkylation sites (tertiary alicyclic amines) is 1. The summed E-state index contributed by atoms with van der Waals surface area (Å²) < 4.78 is 38.5. The zero-order valence-electron chi connectivity index (χ0n) is 16.9. The van der Waals surface area contributed by atoms with Crippen molar-refractivity contribution in [1.82, 2.24) is 14.8 Å². The molecular formula is C20H27N3O5S. The smallest absolute Gasteiger partial charge is 0.246 e. The van der Waals surface area contributed by atoms with Crippen molar-refractivity contribution in [2.45, 2.75) is 57.3 Å². The Morgan fingerprint density at radius 3 is 2.52 bits per heavy atom. The van der Waals surface area contributed by atoms with Crippen molar-refractivity contribution in [2.24, 2.45) is 0 Å². The van der Waals surface area contributed by atoms with Crippen molar-refractivity contribution in [1.29, 1.82) is 0 Å². The fraction of sp³-hybridized carbons (Fsp3) is 0.500. The van der Waals surface area contributed by atoms with Gasteiger partial charge in [-0.05, 0) is 39.2 Å². The molecule has 1 aromatic carbocycles. The van der Waals surface area contributed by atoms with E-state index in [2.05, 4.69) is 9.88 Å². The van der Waals surface area contributed by atoms with Gasteiger partial charge in [-0.3, -0.25) is 4.79 Å². The average Bonchev–Trinajstić information content (AvgIpc) is 3.05. The van der Waals surface area contributed by atoms with Crippen LogP contribution in [0, 0.1) is 13.8 Å². The zero-order valence-corrected chi connectivity index (χ0v) is 17.7. The summed E-state index contributed by atoms with van der Waals surface area (Å²) in [5.74, 6) is -0.0483. The molecule has 0 bridgehead atoms. The normalized spacial score (nSPS) is 16.7. The highest BCUT2D eigenvalue weighted by Crippen LogP contribution is 2.20. The van der Waals surface area contributed by atoms with E-state index in [0.717, 1.165) is 18.4 Å². The average molecular weight is 422 g/mol. The van der Waals surface area contributed by atoms with Gasteiger partial charge in [0.1, 0.15) is 10.6 Å². The molecule has 0 aliphatic carbocycles. The third kappa shape index (κ3) is 5.23. The number of amides is 1. The molecule has 1 N–H and O–H groups in total. The van der Waals surface area contributed by atoms with E-state index in [1.165, 1.54) is 6.92 Å². The predicted octanol–water partition coefficient (Wildman–Crippen LogP) is 2.17. The molecular weight excluding hydrogens is 394 g/mol. The molecule has 2 aromatic rings. The number of carbonyl (C=O) groups is 1. The van der Waals surface area contributed by atoms with Crippen LogP contribution in [0.1, 0.15) is 36.8 Å². The second-order valence-electron chi connectivity index (χ2n) is 7.32. The van der Waals surface area contributed by atoms with E-state index < -0.39 is 16.1 Å². The molecule has 1 aromatic heterocycles. The highest BCUT2D eigenvalue weighted by molar-refractivity contribution is 7.89. The number of hydrogen-bond acceptors (Lipinski definition) is 6. The Morgan fingerprint density at radius 2 is 1.93 bits per heavy atom. The number of carbonyl (C=O) groups excluding carboxylic acids is 1. The Hall–Kier alpha value is -2.23. The van der Waals surface area contributed by atoms with E-state index in [1.54, 1.807) is 18.7 Å². The van der Waals surface area contributed by atoms with Crippen LogP contribution in [0.4, 0.5) is 0 Å². The Bertz CT molecular complexity index is 915. The molecule has 1 fully saturated rings. The predicted molar refractivity (Wildman–Crippen MR) is 107 cm³/mol. The number of rotatable bonds is 7. The first kappa shape index (κ1) is 21.5. The number of hydrogen-bond donors (Lipinski definition) is 1. The van der Waals surface area contributed by atoms with Crippen LogP contribution < -0.4 is 4.72 Å². The van der Waals surface area contributed by atoms with E-state index in [9.17, 15) is 13.2 Å². The summed E-state index contributed by atoms with van der Waals surface area (Å²) in [5.41, 5.74) is 1.39. The van der Waals surface area contributed by atoms with Crippen molar-refractivity contribution in [2.75, 3.05) is 13.1 Å². The lowest BCUT2D eigenvalue weighted by Crippen LogP contribution is -2.50. The lowest BCUT2D eigenvalue weighted by Gasteiger charge is -2.33. The van der Waals surface area contributed by atoms with E-state index in [4.69, 9.17) is 9.26 Å². The Morgan fingerprint density at radius 1 is 1.28 bits per heavy atom. The fourth-order valence-corrected chi connectivity index (χ4v) is 5.03. The molecule has 0 radical (unpaired) electrons. The monoisotopic (exact) mass is 421 g/mol. The summed E-state index contributed by atoms with van der Waals surface area (Å²) in [5, 5.41) is 3.67. The minimum Gasteiger partial charge on any atom is -0.373 e. The second-order valence-corrected chi connectivity index (χ2v) is 8.97. The first-order valence-electron chi connectivity index (χ1n) is 9.67. The number of aromatic nitrogens is 1. The van der Waals surface area contributed by atoms with E-state index in [1.807, 2.05) is 30.3 Å². The number of nitrogens with zero attached hydrogens (tertiary/aromatic N) is 2. The van der Waals surface area contributed by atoms with Gasteiger partial charge in [-0.1, -0.05) is 35.5 Å². The van der Waals surface area contributed by atoms with Gasteiger partial charge in [-0.15, -0.1) is 0 Å². The van der Waals surface area contributed by atoms with Gasteiger partial charge in [0.15, 0.2) is 5.76 Å². The maximum atomic E-state index is 12.7. The molecule has 0 saturated carbocycles. The summed E-state index contributed by atoms with van der Waals surface area (Å²) in [6.07, 6.45) is 1.54. The first-order valence-corrected chi connectivity index (χ1v) is 11.2. The molecule has 1 atom stereocenters. The molecule has 29 heavy (non-hydrogen) atoms. The number of benzene rings is 1. The Kier molecular flexibility index (Phi) is 6.71. The van der Waals surface area contributed by atoms with Gasteiger partial charge in [-0.2, -0.15) is 4.72 Å². The molecule has 2 heterocycles. The van der Waals surface area contributed by atoms with Gasteiger partial charge < -0.3 is 14.2 Å². The van der Waals surface area contributed by atoms with Crippen molar-refractivity contribution in [3.8, 4) is 0 Å². The molecule has 1 aliphatic rings. The van der Waals surface area contributed by atoms with Gasteiger partial charge in [-0.25, -0.2) is 8.42 Å². The van der Waals surface area contributed by atoms with E-state index in [-0.39, 0.29) is 28.4 Å². The van der Waals surface area contributed by atoms with E-state index >= 15 is 0 Å². The summed E-state index contributed by atoms with van der Waals surface area (Å²) in [7, 11) is -3.89. The molecule has 1 saturated heterocycles. The first-order chi connectivity index (χ1) is 13.8. The van der Waals surface area contributed by atoms with Crippen LogP contribution in [0.2, 0.25) is 0 Å². The van der Waals surface area contributed by atoms with Gasteiger partial charge >= 0.3 is 0 Å². The number of ether oxygens (including phenoxy) is 1. The molecule has 3 rings (SSSR count). The fourth-order valence-electron chi connectivity index (χ4n) is 3.51. The van der Waals surface area contributed by atoms with Crippen molar-refractivity contribution < 1.29 is 22.5 Å². The highest BCUT2D eigenvalue weighted by atomic mass is 32.2. The van der Waals surface area contributed by atoms with Crippen LogP contribution in [0.25, 0.3) is 0 Å². The lowest BCUT2D eigenvalue weighted by atomic mass is 10.1. The van der Waals surface area contributed by atoms with Crippen molar-refractivity contribution in [3.63, 3.8) is 0 Å². The summed E-state index contributed by atoms with van der Waals surface area (Å²) in [6, 6.07) is 9.08. The number of nitrogens with one attached hydrogen (secondary N) is 1. The molecule has 8 nitrogen and oxygen atoms in total. The molecule has 0 spiro atoms. The SMILES string of the molecule is Cc1noc(C)c1S(=O)(=O)N[C@@H](C)C(=O)N1CCC(OCc2ccccc2)CC1. The molecule has 1 aliphatic heterocycles.